The normalized spacial score (nSPS) is 14.0. The fourth-order valence-corrected chi connectivity index (χ4v) is 2.90. The number of rotatable bonds is 2. The van der Waals surface area contributed by atoms with Gasteiger partial charge in [-0.25, -0.2) is 9.97 Å². The van der Waals surface area contributed by atoms with Gasteiger partial charge in [0, 0.05) is 17.0 Å². The Kier molecular flexibility index (Phi) is 3.50. The number of carboxylic acids is 1. The Morgan fingerprint density at radius 1 is 1.09 bits per heavy atom. The molecule has 22 heavy (non-hydrogen) atoms. The van der Waals surface area contributed by atoms with E-state index >= 15 is 0 Å². The van der Waals surface area contributed by atoms with Crippen LogP contribution in [0.1, 0.15) is 30.9 Å². The zero-order chi connectivity index (χ0) is 16.1. The number of aliphatic carboxylic acids is 1. The molecule has 5 nitrogen and oxygen atoms in total. The lowest BCUT2D eigenvalue weighted by Crippen LogP contribution is -2.34. The van der Waals surface area contributed by atoms with Crippen molar-refractivity contribution in [2.75, 3.05) is 0 Å². The number of ether oxygens (including phenoxy) is 1. The van der Waals surface area contributed by atoms with Crippen molar-refractivity contribution in [3.63, 3.8) is 0 Å². The van der Waals surface area contributed by atoms with Crippen LogP contribution >= 0.6 is 23.2 Å². The molecule has 0 aliphatic carbocycles. The van der Waals surface area contributed by atoms with Gasteiger partial charge in [-0.05, 0) is 38.1 Å². The van der Waals surface area contributed by atoms with E-state index < -0.39 is 17.3 Å². The molecular weight excluding hydrogens is 327 g/mol. The van der Waals surface area contributed by atoms with E-state index in [1.54, 1.807) is 38.1 Å². The number of aromatic nitrogens is 2. The Morgan fingerprint density at radius 2 is 1.55 bits per heavy atom. The van der Waals surface area contributed by atoms with Crippen molar-refractivity contribution >= 4 is 29.2 Å². The molecule has 2 aromatic rings. The van der Waals surface area contributed by atoms with Crippen LogP contribution in [0.5, 0.6) is 11.8 Å². The first-order chi connectivity index (χ1) is 10.3. The summed E-state index contributed by atoms with van der Waals surface area (Å²) in [7, 11) is 0. The summed E-state index contributed by atoms with van der Waals surface area (Å²) < 4.78 is 5.66. The van der Waals surface area contributed by atoms with E-state index in [0.717, 1.165) is 0 Å². The Morgan fingerprint density at radius 3 is 1.95 bits per heavy atom. The van der Waals surface area contributed by atoms with Gasteiger partial charge in [0.25, 0.3) is 0 Å². The summed E-state index contributed by atoms with van der Waals surface area (Å²) in [4.78, 5) is 20.0. The zero-order valence-electron chi connectivity index (χ0n) is 11.8. The Balaban J connectivity index is 2.27. The van der Waals surface area contributed by atoms with Crippen molar-refractivity contribution in [2.24, 2.45) is 5.41 Å². The molecule has 0 radical (unpaired) electrons. The number of hydrogen-bond donors (Lipinski definition) is 1. The van der Waals surface area contributed by atoms with Crippen LogP contribution in [0.4, 0.5) is 0 Å². The number of carboxylic acid groups (broad SMARTS) is 1. The number of hydrogen-bond acceptors (Lipinski definition) is 4. The van der Waals surface area contributed by atoms with Crippen LogP contribution in [0.2, 0.25) is 10.3 Å². The third kappa shape index (κ3) is 2.30. The summed E-state index contributed by atoms with van der Waals surface area (Å²) in [6, 6.07) is 6.70. The topological polar surface area (TPSA) is 72.3 Å². The molecule has 1 N–H and O–H groups in total. The van der Waals surface area contributed by atoms with Crippen LogP contribution in [-0.2, 0) is 4.79 Å². The maximum Gasteiger partial charge on any atom is 0.310 e. The Labute approximate surface area is 136 Å². The first-order valence-electron chi connectivity index (χ1n) is 6.55. The van der Waals surface area contributed by atoms with Gasteiger partial charge >= 0.3 is 5.97 Å². The largest absolute Gasteiger partial charge is 0.481 e. The number of carbonyl (C=O) groups is 1. The van der Waals surface area contributed by atoms with E-state index in [0.29, 0.717) is 11.1 Å². The van der Waals surface area contributed by atoms with Crippen LogP contribution in [0.15, 0.2) is 24.3 Å². The summed E-state index contributed by atoms with van der Waals surface area (Å²) in [5.41, 5.74) is 0.236. The fraction of sp³-hybridized carbons (Fsp3) is 0.267. The molecule has 1 aliphatic rings. The third-order valence-electron chi connectivity index (χ3n) is 3.80. The van der Waals surface area contributed by atoms with Gasteiger partial charge in [0.05, 0.1) is 5.41 Å². The maximum atomic E-state index is 11.7. The van der Waals surface area contributed by atoms with Crippen molar-refractivity contribution in [2.45, 2.75) is 19.8 Å². The van der Waals surface area contributed by atoms with Gasteiger partial charge in [-0.2, -0.15) is 0 Å². The van der Waals surface area contributed by atoms with Crippen LogP contribution < -0.4 is 4.74 Å². The van der Waals surface area contributed by atoms with Gasteiger partial charge in [0.1, 0.15) is 10.3 Å². The number of fused-ring (bicyclic) bond motifs is 2. The number of halogens is 2. The van der Waals surface area contributed by atoms with Crippen molar-refractivity contribution < 1.29 is 14.6 Å². The minimum Gasteiger partial charge on any atom is -0.481 e. The molecule has 0 atom stereocenters. The Bertz CT molecular complexity index is 726. The van der Waals surface area contributed by atoms with Crippen molar-refractivity contribution in [1.82, 2.24) is 9.97 Å². The molecule has 0 saturated carbocycles. The summed E-state index contributed by atoms with van der Waals surface area (Å²) in [5.74, 6) is -0.886. The highest BCUT2D eigenvalue weighted by atomic mass is 35.5. The van der Waals surface area contributed by atoms with Gasteiger partial charge in [-0.3, -0.25) is 4.79 Å². The molecular formula is C15H12Cl2N2O3. The molecule has 3 heterocycles. The van der Waals surface area contributed by atoms with Crippen LogP contribution in [0.3, 0.4) is 0 Å². The SMILES string of the molecule is CC(C)(C(=O)O)C1c2ccc(Cl)nc2Oc2nc(Cl)ccc21. The van der Waals surface area contributed by atoms with E-state index in [1.165, 1.54) is 0 Å². The fourth-order valence-electron chi connectivity index (χ4n) is 2.62. The maximum absolute atomic E-state index is 11.7. The van der Waals surface area contributed by atoms with E-state index in [2.05, 4.69) is 9.97 Å². The summed E-state index contributed by atoms with van der Waals surface area (Å²) in [5, 5.41) is 10.1. The molecule has 0 spiro atoms. The summed E-state index contributed by atoms with van der Waals surface area (Å²) in [6.45, 7) is 3.31. The highest BCUT2D eigenvalue weighted by Gasteiger charge is 2.44. The third-order valence-corrected chi connectivity index (χ3v) is 4.22. The second-order valence-electron chi connectivity index (χ2n) is 5.62. The van der Waals surface area contributed by atoms with Gasteiger partial charge in [-0.1, -0.05) is 23.2 Å². The van der Waals surface area contributed by atoms with Crippen LogP contribution in [0.25, 0.3) is 0 Å². The summed E-state index contributed by atoms with van der Waals surface area (Å²) >= 11 is 11.8. The molecule has 114 valence electrons. The second-order valence-corrected chi connectivity index (χ2v) is 6.39. The smallest absolute Gasteiger partial charge is 0.310 e. The molecule has 2 aromatic heterocycles. The summed E-state index contributed by atoms with van der Waals surface area (Å²) in [6.07, 6.45) is 0. The molecule has 0 amide bonds. The molecule has 3 rings (SSSR count). The van der Waals surface area contributed by atoms with Crippen molar-refractivity contribution in [3.05, 3.63) is 45.7 Å². The molecule has 0 fully saturated rings. The van der Waals surface area contributed by atoms with Crippen LogP contribution in [-0.4, -0.2) is 21.0 Å². The van der Waals surface area contributed by atoms with E-state index in [-0.39, 0.29) is 22.1 Å². The number of nitrogens with zero attached hydrogens (tertiary/aromatic N) is 2. The molecule has 0 unspecified atom stereocenters. The van der Waals surface area contributed by atoms with Crippen molar-refractivity contribution in [3.8, 4) is 11.8 Å². The quantitative estimate of drug-likeness (QED) is 0.833. The first kappa shape index (κ1) is 15.1. The van der Waals surface area contributed by atoms with Crippen molar-refractivity contribution in [1.29, 1.82) is 0 Å². The predicted molar refractivity (Wildman–Crippen MR) is 81.8 cm³/mol. The van der Waals surface area contributed by atoms with Crippen LogP contribution in [0, 0.1) is 5.41 Å². The lowest BCUT2D eigenvalue weighted by atomic mass is 9.71. The zero-order valence-corrected chi connectivity index (χ0v) is 13.3. The molecule has 7 heteroatoms. The molecule has 0 aromatic carbocycles. The highest BCUT2D eigenvalue weighted by Crippen LogP contribution is 2.51. The Hall–Kier alpha value is -1.85. The van der Waals surface area contributed by atoms with E-state index in [4.69, 9.17) is 27.9 Å². The van der Waals surface area contributed by atoms with E-state index in [9.17, 15) is 9.90 Å². The highest BCUT2D eigenvalue weighted by molar-refractivity contribution is 6.29. The van der Waals surface area contributed by atoms with Gasteiger partial charge in [0.15, 0.2) is 0 Å². The minimum absolute atomic E-state index is 0.258. The molecule has 0 bridgehead atoms. The van der Waals surface area contributed by atoms with Gasteiger partial charge < -0.3 is 9.84 Å². The predicted octanol–water partition coefficient (Wildman–Crippen LogP) is 4.13. The average Bonchev–Trinajstić information content (AvgIpc) is 2.44. The molecule has 0 saturated heterocycles. The minimum atomic E-state index is -1.09. The molecule has 1 aliphatic heterocycles. The van der Waals surface area contributed by atoms with Gasteiger partial charge in [-0.15, -0.1) is 0 Å². The second kappa shape index (κ2) is 5.11. The lowest BCUT2D eigenvalue weighted by Gasteiger charge is -2.35. The van der Waals surface area contributed by atoms with E-state index in [1.807, 2.05) is 0 Å². The lowest BCUT2D eigenvalue weighted by molar-refractivity contribution is -0.147. The monoisotopic (exact) mass is 338 g/mol. The number of pyridine rings is 2. The average molecular weight is 339 g/mol. The standard InChI is InChI=1S/C15H12Cl2N2O3/c1-15(2,14(20)21)11-7-3-5-9(16)18-12(7)22-13-8(11)4-6-10(17)19-13/h3-6,11H,1-2H3,(H,20,21). The van der Waals surface area contributed by atoms with Gasteiger partial charge in [0.2, 0.25) is 11.8 Å². The first-order valence-corrected chi connectivity index (χ1v) is 7.30.